The minimum Gasteiger partial charge on any atom is -0.335 e. The molecule has 3 N–H and O–H groups in total. The maximum atomic E-state index is 5.92. The van der Waals surface area contributed by atoms with Crippen LogP contribution in [0.4, 0.5) is 5.88 Å². The normalized spacial score (nSPS) is 10.3. The second kappa shape index (κ2) is 3.37. The Kier molecular flexibility index (Phi) is 2.22. The fraction of sp³-hybridized carbons (Fsp3) is 0. The van der Waals surface area contributed by atoms with Gasteiger partial charge in [-0.1, -0.05) is 22.8 Å². The van der Waals surface area contributed by atoms with Crippen molar-refractivity contribution >= 4 is 28.8 Å². The number of hydrazine groups is 1. The molecule has 0 bridgehead atoms. The zero-order valence-corrected chi connectivity index (χ0v) is 8.02. The predicted molar refractivity (Wildman–Crippen MR) is 52.6 cm³/mol. The molecule has 68 valence electrons. The number of halogens is 1. The quantitative estimate of drug-likeness (QED) is 0.596. The number of nitrogen functional groups attached to an aromatic ring is 1. The van der Waals surface area contributed by atoms with E-state index in [2.05, 4.69) is 10.6 Å². The highest BCUT2D eigenvalue weighted by molar-refractivity contribution is 7.13. The lowest BCUT2D eigenvalue weighted by molar-refractivity contribution is 0.435. The van der Waals surface area contributed by atoms with Gasteiger partial charge in [0.15, 0.2) is 0 Å². The summed E-state index contributed by atoms with van der Waals surface area (Å²) in [5.74, 6) is 5.44. The maximum Gasteiger partial charge on any atom is 0.258 e. The lowest BCUT2D eigenvalue weighted by Crippen LogP contribution is -2.05. The van der Waals surface area contributed by atoms with Gasteiger partial charge < -0.3 is 4.52 Å². The van der Waals surface area contributed by atoms with Crippen molar-refractivity contribution in [1.29, 1.82) is 0 Å². The standard InChI is InChI=1S/C7H6ClN3OS/c8-5-6(4-2-1-3-13-4)11-12-7(5)10-9/h1-3,10H,9H2. The van der Waals surface area contributed by atoms with Crippen molar-refractivity contribution in [3.63, 3.8) is 0 Å². The first-order chi connectivity index (χ1) is 6.33. The third-order valence-corrected chi connectivity index (χ3v) is 2.75. The molecule has 0 unspecified atom stereocenters. The topological polar surface area (TPSA) is 64.1 Å². The summed E-state index contributed by atoms with van der Waals surface area (Å²) in [5, 5.41) is 6.14. The van der Waals surface area contributed by atoms with Gasteiger partial charge in [-0.3, -0.25) is 5.43 Å². The van der Waals surface area contributed by atoms with Crippen LogP contribution >= 0.6 is 22.9 Å². The van der Waals surface area contributed by atoms with Crippen molar-refractivity contribution in [2.75, 3.05) is 5.43 Å². The Morgan fingerprint density at radius 1 is 1.62 bits per heavy atom. The van der Waals surface area contributed by atoms with Gasteiger partial charge in [-0.05, 0) is 11.4 Å². The van der Waals surface area contributed by atoms with Gasteiger partial charge in [0.1, 0.15) is 10.7 Å². The van der Waals surface area contributed by atoms with Crippen LogP contribution in [0.1, 0.15) is 0 Å². The largest absolute Gasteiger partial charge is 0.335 e. The Labute approximate surface area is 83.3 Å². The van der Waals surface area contributed by atoms with E-state index in [0.717, 1.165) is 4.88 Å². The second-order valence-corrected chi connectivity index (χ2v) is 3.62. The molecule has 0 amide bonds. The summed E-state index contributed by atoms with van der Waals surface area (Å²) in [6.45, 7) is 0. The maximum absolute atomic E-state index is 5.92. The molecule has 0 aromatic carbocycles. The second-order valence-electron chi connectivity index (χ2n) is 2.30. The molecule has 0 spiro atoms. The molecule has 0 atom stereocenters. The van der Waals surface area contributed by atoms with Crippen LogP contribution in [0.15, 0.2) is 22.0 Å². The van der Waals surface area contributed by atoms with Crippen molar-refractivity contribution in [2.24, 2.45) is 5.84 Å². The van der Waals surface area contributed by atoms with Gasteiger partial charge in [0, 0.05) is 0 Å². The van der Waals surface area contributed by atoms with Gasteiger partial charge in [-0.15, -0.1) is 11.3 Å². The SMILES string of the molecule is NNc1onc(-c2cccs2)c1Cl. The molecule has 0 saturated heterocycles. The third kappa shape index (κ3) is 1.41. The van der Waals surface area contributed by atoms with Crippen LogP contribution in [-0.2, 0) is 0 Å². The fourth-order valence-corrected chi connectivity index (χ4v) is 1.93. The van der Waals surface area contributed by atoms with Gasteiger partial charge >= 0.3 is 0 Å². The first-order valence-electron chi connectivity index (χ1n) is 3.48. The van der Waals surface area contributed by atoms with Gasteiger partial charge in [0.05, 0.1) is 4.88 Å². The van der Waals surface area contributed by atoms with E-state index in [4.69, 9.17) is 22.0 Å². The zero-order chi connectivity index (χ0) is 9.26. The lowest BCUT2D eigenvalue weighted by atomic mass is 10.3. The highest BCUT2D eigenvalue weighted by atomic mass is 35.5. The third-order valence-electron chi connectivity index (χ3n) is 1.52. The van der Waals surface area contributed by atoms with Crippen LogP contribution in [0, 0.1) is 0 Å². The molecule has 0 fully saturated rings. The Bertz CT molecular complexity index is 398. The summed E-state index contributed by atoms with van der Waals surface area (Å²) >= 11 is 7.46. The van der Waals surface area contributed by atoms with Crippen molar-refractivity contribution in [3.8, 4) is 10.6 Å². The summed E-state index contributed by atoms with van der Waals surface area (Å²) in [7, 11) is 0. The Morgan fingerprint density at radius 3 is 3.00 bits per heavy atom. The minimum absolute atomic E-state index is 0.282. The summed E-state index contributed by atoms with van der Waals surface area (Å²) in [6.07, 6.45) is 0. The molecule has 6 heteroatoms. The molecule has 2 heterocycles. The van der Waals surface area contributed by atoms with Gasteiger partial charge in [-0.2, -0.15) is 0 Å². The number of anilines is 1. The molecule has 4 nitrogen and oxygen atoms in total. The fourth-order valence-electron chi connectivity index (χ4n) is 0.935. The first-order valence-corrected chi connectivity index (χ1v) is 4.74. The number of nitrogens with one attached hydrogen (secondary N) is 1. The van der Waals surface area contributed by atoms with E-state index in [0.29, 0.717) is 10.7 Å². The number of hydrogen-bond donors (Lipinski definition) is 2. The van der Waals surface area contributed by atoms with E-state index < -0.39 is 0 Å². The van der Waals surface area contributed by atoms with Gasteiger partial charge in [0.2, 0.25) is 0 Å². The molecular weight excluding hydrogens is 210 g/mol. The van der Waals surface area contributed by atoms with Crippen LogP contribution in [0.2, 0.25) is 5.02 Å². The van der Waals surface area contributed by atoms with E-state index in [1.165, 1.54) is 11.3 Å². The lowest BCUT2D eigenvalue weighted by Gasteiger charge is -1.90. The molecule has 0 saturated carbocycles. The summed E-state index contributed by atoms with van der Waals surface area (Å²) in [6, 6.07) is 3.83. The van der Waals surface area contributed by atoms with E-state index >= 15 is 0 Å². The molecule has 0 aliphatic heterocycles. The van der Waals surface area contributed by atoms with Gasteiger partial charge in [-0.25, -0.2) is 5.84 Å². The van der Waals surface area contributed by atoms with Crippen molar-refractivity contribution in [3.05, 3.63) is 22.5 Å². The van der Waals surface area contributed by atoms with Crippen molar-refractivity contribution < 1.29 is 4.52 Å². The molecule has 0 aliphatic rings. The highest BCUT2D eigenvalue weighted by Gasteiger charge is 2.14. The molecule has 2 rings (SSSR count). The smallest absolute Gasteiger partial charge is 0.258 e. The van der Waals surface area contributed by atoms with Crippen LogP contribution in [0.5, 0.6) is 0 Å². The molecular formula is C7H6ClN3OS. The molecule has 2 aromatic heterocycles. The summed E-state index contributed by atoms with van der Waals surface area (Å²) < 4.78 is 4.86. The van der Waals surface area contributed by atoms with Crippen molar-refractivity contribution in [2.45, 2.75) is 0 Å². The summed E-state index contributed by atoms with van der Waals surface area (Å²) in [4.78, 5) is 0.954. The van der Waals surface area contributed by atoms with Crippen molar-refractivity contribution in [1.82, 2.24) is 5.16 Å². The number of thiophene rings is 1. The monoisotopic (exact) mass is 215 g/mol. The molecule has 0 radical (unpaired) electrons. The number of hydrogen-bond acceptors (Lipinski definition) is 5. The number of nitrogens with two attached hydrogens (primary N) is 1. The average Bonchev–Trinajstić information content (AvgIpc) is 2.72. The number of aromatic nitrogens is 1. The number of nitrogens with zero attached hydrogens (tertiary/aromatic N) is 1. The highest BCUT2D eigenvalue weighted by Crippen LogP contribution is 2.34. The van der Waals surface area contributed by atoms with E-state index in [1.54, 1.807) is 0 Å². The minimum atomic E-state index is 0.282. The zero-order valence-electron chi connectivity index (χ0n) is 6.45. The molecule has 13 heavy (non-hydrogen) atoms. The van der Waals surface area contributed by atoms with Crippen LogP contribution in [0.25, 0.3) is 10.6 Å². The van der Waals surface area contributed by atoms with E-state index in [-0.39, 0.29) is 5.88 Å². The number of rotatable bonds is 2. The van der Waals surface area contributed by atoms with Crippen LogP contribution in [-0.4, -0.2) is 5.16 Å². The molecule has 2 aromatic rings. The van der Waals surface area contributed by atoms with E-state index in [1.807, 2.05) is 17.5 Å². The molecule has 0 aliphatic carbocycles. The van der Waals surface area contributed by atoms with Crippen LogP contribution in [0.3, 0.4) is 0 Å². The summed E-state index contributed by atoms with van der Waals surface area (Å²) in [5.41, 5.74) is 2.94. The van der Waals surface area contributed by atoms with Crippen LogP contribution < -0.4 is 11.3 Å². The predicted octanol–water partition coefficient (Wildman–Crippen LogP) is 2.34. The first kappa shape index (κ1) is 8.55. The average molecular weight is 216 g/mol. The van der Waals surface area contributed by atoms with E-state index in [9.17, 15) is 0 Å². The van der Waals surface area contributed by atoms with Gasteiger partial charge in [0.25, 0.3) is 5.88 Å². The Hall–Kier alpha value is -1.04. The Morgan fingerprint density at radius 2 is 2.46 bits per heavy atom. The Balaban J connectivity index is 2.48.